The van der Waals surface area contributed by atoms with Gasteiger partial charge < -0.3 is 9.88 Å². The van der Waals surface area contributed by atoms with E-state index in [1.807, 2.05) is 44.2 Å². The standard InChI is InChI=1S/C22H27N3O/c1-16(2)25-17(3)13-20(18(25)4)14-21(15-23)22(26)24-12-8-11-19-9-6-5-7-10-19/h5-7,9-10,13-14,16H,8,11-12H2,1-4H3,(H,24,26)/b21-14-. The molecule has 2 aromatic rings. The highest BCUT2D eigenvalue weighted by Gasteiger charge is 2.13. The molecule has 1 aromatic heterocycles. The Morgan fingerprint density at radius 3 is 2.54 bits per heavy atom. The molecule has 26 heavy (non-hydrogen) atoms. The van der Waals surface area contributed by atoms with E-state index in [4.69, 9.17) is 0 Å². The van der Waals surface area contributed by atoms with E-state index in [0.717, 1.165) is 29.8 Å². The van der Waals surface area contributed by atoms with Crippen LogP contribution in [0.5, 0.6) is 0 Å². The van der Waals surface area contributed by atoms with E-state index in [-0.39, 0.29) is 11.5 Å². The lowest BCUT2D eigenvalue weighted by molar-refractivity contribution is -0.117. The van der Waals surface area contributed by atoms with Crippen molar-refractivity contribution in [1.82, 2.24) is 9.88 Å². The third kappa shape index (κ3) is 4.86. The molecule has 1 aromatic carbocycles. The molecule has 0 aliphatic carbocycles. The second-order valence-electron chi connectivity index (χ2n) is 6.81. The highest BCUT2D eigenvalue weighted by molar-refractivity contribution is 6.01. The van der Waals surface area contributed by atoms with Crippen molar-refractivity contribution in [1.29, 1.82) is 5.26 Å². The lowest BCUT2D eigenvalue weighted by Crippen LogP contribution is -2.25. The molecule has 1 amide bonds. The first-order valence-electron chi connectivity index (χ1n) is 9.06. The van der Waals surface area contributed by atoms with Gasteiger partial charge in [-0.05, 0) is 63.8 Å². The topological polar surface area (TPSA) is 57.8 Å². The number of nitrogens with one attached hydrogen (secondary N) is 1. The number of aryl methyl sites for hydroxylation is 2. The summed E-state index contributed by atoms with van der Waals surface area (Å²) in [6.45, 7) is 8.86. The summed E-state index contributed by atoms with van der Waals surface area (Å²) in [7, 11) is 0. The van der Waals surface area contributed by atoms with Gasteiger partial charge in [-0.15, -0.1) is 0 Å². The molecule has 0 spiro atoms. The van der Waals surface area contributed by atoms with E-state index in [0.29, 0.717) is 12.6 Å². The Labute approximate surface area is 156 Å². The summed E-state index contributed by atoms with van der Waals surface area (Å²) >= 11 is 0. The molecule has 0 radical (unpaired) electrons. The number of carbonyl (C=O) groups is 1. The van der Waals surface area contributed by atoms with Gasteiger partial charge in [0.25, 0.3) is 5.91 Å². The summed E-state index contributed by atoms with van der Waals surface area (Å²) in [6.07, 6.45) is 3.44. The fraction of sp³-hybridized carbons (Fsp3) is 0.364. The van der Waals surface area contributed by atoms with Crippen molar-refractivity contribution in [3.8, 4) is 6.07 Å². The molecule has 0 unspecified atom stereocenters. The van der Waals surface area contributed by atoms with Crippen LogP contribution in [0.2, 0.25) is 0 Å². The van der Waals surface area contributed by atoms with Crippen LogP contribution in [0.25, 0.3) is 6.08 Å². The molecule has 0 fully saturated rings. The van der Waals surface area contributed by atoms with Gasteiger partial charge >= 0.3 is 0 Å². The van der Waals surface area contributed by atoms with Crippen LogP contribution >= 0.6 is 0 Å². The van der Waals surface area contributed by atoms with Crippen molar-refractivity contribution in [2.24, 2.45) is 0 Å². The van der Waals surface area contributed by atoms with Crippen LogP contribution in [0.3, 0.4) is 0 Å². The van der Waals surface area contributed by atoms with Crippen LogP contribution in [-0.2, 0) is 11.2 Å². The van der Waals surface area contributed by atoms with E-state index in [1.54, 1.807) is 6.08 Å². The summed E-state index contributed by atoms with van der Waals surface area (Å²) in [5.41, 5.74) is 4.52. The molecule has 0 atom stereocenters. The van der Waals surface area contributed by atoms with E-state index in [9.17, 15) is 10.1 Å². The molecular formula is C22H27N3O. The van der Waals surface area contributed by atoms with Crippen LogP contribution in [0.4, 0.5) is 0 Å². The molecule has 1 heterocycles. The maximum Gasteiger partial charge on any atom is 0.261 e. The Morgan fingerprint density at radius 1 is 1.27 bits per heavy atom. The smallest absolute Gasteiger partial charge is 0.261 e. The second kappa shape index (κ2) is 9.05. The van der Waals surface area contributed by atoms with Crippen molar-refractivity contribution in [2.75, 3.05) is 6.54 Å². The summed E-state index contributed by atoms with van der Waals surface area (Å²) < 4.78 is 2.21. The molecule has 136 valence electrons. The van der Waals surface area contributed by atoms with Crippen LogP contribution in [-0.4, -0.2) is 17.0 Å². The minimum Gasteiger partial charge on any atom is -0.351 e. The monoisotopic (exact) mass is 349 g/mol. The first-order chi connectivity index (χ1) is 12.4. The van der Waals surface area contributed by atoms with Gasteiger partial charge in [-0.1, -0.05) is 30.3 Å². The lowest BCUT2D eigenvalue weighted by atomic mass is 10.1. The molecule has 0 saturated carbocycles. The molecule has 0 saturated heterocycles. The average Bonchev–Trinajstić information content (AvgIpc) is 2.90. The van der Waals surface area contributed by atoms with Crippen molar-refractivity contribution in [3.63, 3.8) is 0 Å². The molecule has 1 N–H and O–H groups in total. The summed E-state index contributed by atoms with van der Waals surface area (Å²) in [5, 5.41) is 12.2. The normalized spacial score (nSPS) is 11.5. The Hall–Kier alpha value is -2.80. The van der Waals surface area contributed by atoms with Gasteiger partial charge in [0.05, 0.1) is 0 Å². The Morgan fingerprint density at radius 2 is 1.96 bits per heavy atom. The van der Waals surface area contributed by atoms with Crippen molar-refractivity contribution < 1.29 is 4.79 Å². The van der Waals surface area contributed by atoms with E-state index in [1.165, 1.54) is 5.56 Å². The molecule has 4 nitrogen and oxygen atoms in total. The third-order valence-corrected chi connectivity index (χ3v) is 4.48. The number of aromatic nitrogens is 1. The molecule has 0 aliphatic heterocycles. The number of rotatable bonds is 7. The van der Waals surface area contributed by atoms with Gasteiger partial charge in [-0.2, -0.15) is 5.26 Å². The summed E-state index contributed by atoms with van der Waals surface area (Å²) in [5.74, 6) is -0.310. The number of hydrogen-bond donors (Lipinski definition) is 1. The number of nitriles is 1. The molecule has 0 bridgehead atoms. The van der Waals surface area contributed by atoms with Crippen LogP contribution in [0, 0.1) is 25.2 Å². The van der Waals surface area contributed by atoms with E-state index >= 15 is 0 Å². The SMILES string of the molecule is Cc1cc(/C=C(/C#N)C(=O)NCCCc2ccccc2)c(C)n1C(C)C. The third-order valence-electron chi connectivity index (χ3n) is 4.48. The number of hydrogen-bond acceptors (Lipinski definition) is 2. The first-order valence-corrected chi connectivity index (χ1v) is 9.06. The average molecular weight is 349 g/mol. The zero-order valence-electron chi connectivity index (χ0n) is 16.0. The number of benzene rings is 1. The minimum absolute atomic E-state index is 0.147. The van der Waals surface area contributed by atoms with Crippen molar-refractivity contribution in [2.45, 2.75) is 46.6 Å². The first kappa shape index (κ1) is 19.5. The predicted molar refractivity (Wildman–Crippen MR) is 106 cm³/mol. The number of amides is 1. The zero-order chi connectivity index (χ0) is 19.1. The van der Waals surface area contributed by atoms with Gasteiger partial charge in [0.15, 0.2) is 0 Å². The fourth-order valence-corrected chi connectivity index (χ4v) is 3.28. The Balaban J connectivity index is 1.99. The van der Waals surface area contributed by atoms with Gasteiger partial charge in [-0.3, -0.25) is 4.79 Å². The molecular weight excluding hydrogens is 322 g/mol. The molecule has 0 aliphatic rings. The maximum absolute atomic E-state index is 12.3. The van der Waals surface area contributed by atoms with Gasteiger partial charge in [0.1, 0.15) is 11.6 Å². The van der Waals surface area contributed by atoms with Gasteiger partial charge in [0.2, 0.25) is 0 Å². The van der Waals surface area contributed by atoms with Crippen molar-refractivity contribution in [3.05, 3.63) is 64.5 Å². The fourth-order valence-electron chi connectivity index (χ4n) is 3.28. The Kier molecular flexibility index (Phi) is 6.80. The van der Waals surface area contributed by atoms with E-state index in [2.05, 4.69) is 35.9 Å². The highest BCUT2D eigenvalue weighted by atomic mass is 16.1. The van der Waals surface area contributed by atoms with Crippen LogP contribution in [0.15, 0.2) is 42.0 Å². The number of carbonyl (C=O) groups excluding carboxylic acids is 1. The zero-order valence-corrected chi connectivity index (χ0v) is 16.0. The summed E-state index contributed by atoms with van der Waals surface area (Å²) in [4.78, 5) is 12.3. The van der Waals surface area contributed by atoms with Gasteiger partial charge in [0, 0.05) is 24.0 Å². The molecule has 4 heteroatoms. The quantitative estimate of drug-likeness (QED) is 0.459. The summed E-state index contributed by atoms with van der Waals surface area (Å²) in [6, 6.07) is 14.6. The maximum atomic E-state index is 12.3. The van der Waals surface area contributed by atoms with Crippen LogP contribution in [0.1, 0.15) is 48.8 Å². The highest BCUT2D eigenvalue weighted by Crippen LogP contribution is 2.22. The minimum atomic E-state index is -0.310. The lowest BCUT2D eigenvalue weighted by Gasteiger charge is -2.13. The van der Waals surface area contributed by atoms with E-state index < -0.39 is 0 Å². The largest absolute Gasteiger partial charge is 0.351 e. The van der Waals surface area contributed by atoms with Crippen LogP contribution < -0.4 is 5.32 Å². The number of nitrogens with zero attached hydrogens (tertiary/aromatic N) is 2. The Bertz CT molecular complexity index is 823. The second-order valence-corrected chi connectivity index (χ2v) is 6.81. The molecule has 2 rings (SSSR count). The van der Waals surface area contributed by atoms with Crippen molar-refractivity contribution >= 4 is 12.0 Å². The predicted octanol–water partition coefficient (Wildman–Crippen LogP) is 4.34. The van der Waals surface area contributed by atoms with Gasteiger partial charge in [-0.25, -0.2) is 0 Å².